The van der Waals surface area contributed by atoms with Crippen molar-refractivity contribution >= 4 is 15.8 Å². The summed E-state index contributed by atoms with van der Waals surface area (Å²) in [6.07, 6.45) is -1.51. The Morgan fingerprint density at radius 2 is 1.76 bits per heavy atom. The molecule has 5 N–H and O–H groups in total. The molecule has 2 saturated heterocycles. The summed E-state index contributed by atoms with van der Waals surface area (Å²) in [5.41, 5.74) is -3.23. The summed E-state index contributed by atoms with van der Waals surface area (Å²) >= 11 is 0. The van der Waals surface area contributed by atoms with Crippen LogP contribution in [-0.2, 0) is 19.6 Å². The zero-order valence-electron chi connectivity index (χ0n) is 21.5. The Labute approximate surface area is 221 Å². The summed E-state index contributed by atoms with van der Waals surface area (Å²) in [5.74, 6) is -5.73. The molecule has 4 aliphatic carbocycles. The molecule has 0 amide bonds. The van der Waals surface area contributed by atoms with Gasteiger partial charge in [-0.15, -0.1) is 0 Å². The fourth-order valence-corrected chi connectivity index (χ4v) is 10.5. The Hall–Kier alpha value is -1.47. The molecule has 2 aliphatic heterocycles. The fourth-order valence-electron chi connectivity index (χ4n) is 9.49. The summed E-state index contributed by atoms with van der Waals surface area (Å²) in [4.78, 5) is 14.2. The number of carbonyl (C=O) groups is 1. The molecule has 4 saturated carbocycles. The van der Waals surface area contributed by atoms with Crippen LogP contribution in [0.25, 0.3) is 0 Å². The number of nitrogens with one attached hydrogen (secondary N) is 1. The van der Waals surface area contributed by atoms with Gasteiger partial charge in [0, 0.05) is 23.8 Å². The van der Waals surface area contributed by atoms with E-state index >= 15 is 0 Å². The number of aliphatic hydroxyl groups is 4. The minimum atomic E-state index is -3.95. The zero-order valence-corrected chi connectivity index (χ0v) is 22.3. The molecule has 7 rings (SSSR count). The van der Waals surface area contributed by atoms with Crippen LogP contribution in [0.15, 0.2) is 29.2 Å². The van der Waals surface area contributed by atoms with Crippen LogP contribution in [0.5, 0.6) is 0 Å². The maximum Gasteiger partial charge on any atom is 0.240 e. The van der Waals surface area contributed by atoms with E-state index in [2.05, 4.69) is 4.72 Å². The van der Waals surface area contributed by atoms with Gasteiger partial charge in [-0.2, -0.15) is 0 Å². The molecule has 4 bridgehead atoms. The van der Waals surface area contributed by atoms with Gasteiger partial charge in [0.15, 0.2) is 5.78 Å². The van der Waals surface area contributed by atoms with Crippen molar-refractivity contribution in [2.45, 2.75) is 74.9 Å². The van der Waals surface area contributed by atoms with Gasteiger partial charge in [-0.1, -0.05) is 13.8 Å². The molecule has 11 heteroatoms. The first kappa shape index (κ1) is 26.7. The van der Waals surface area contributed by atoms with E-state index in [1.165, 1.54) is 0 Å². The number of Topliss-reactive ketones (excluding diaryl/α,β-unsaturated/α-hetero) is 1. The van der Waals surface area contributed by atoms with Gasteiger partial charge in [0.25, 0.3) is 0 Å². The first-order chi connectivity index (χ1) is 17.7. The zero-order chi connectivity index (χ0) is 27.5. The van der Waals surface area contributed by atoms with Crippen LogP contribution < -0.4 is 4.72 Å². The first-order valence-corrected chi connectivity index (χ1v) is 14.9. The van der Waals surface area contributed by atoms with E-state index in [9.17, 15) is 38.0 Å². The molecular formula is C27H36FNO8S. The molecular weight excluding hydrogens is 517 g/mol. The van der Waals surface area contributed by atoms with E-state index in [1.807, 2.05) is 13.8 Å². The molecule has 6 aliphatic rings. The van der Waals surface area contributed by atoms with Gasteiger partial charge >= 0.3 is 0 Å². The second-order valence-electron chi connectivity index (χ2n) is 12.8. The quantitative estimate of drug-likeness (QED) is 0.361. The maximum absolute atomic E-state index is 14.3. The highest BCUT2D eigenvalue weighted by atomic mass is 32.2. The lowest BCUT2D eigenvalue weighted by molar-refractivity contribution is -0.458. The Kier molecular flexibility index (Phi) is 5.83. The van der Waals surface area contributed by atoms with E-state index in [-0.39, 0.29) is 24.5 Å². The minimum absolute atomic E-state index is 0.00492. The van der Waals surface area contributed by atoms with Crippen molar-refractivity contribution in [3.05, 3.63) is 30.1 Å². The van der Waals surface area contributed by atoms with Gasteiger partial charge in [0.1, 0.15) is 17.3 Å². The largest absolute Gasteiger partial charge is 0.392 e. The molecule has 0 unspecified atom stereocenters. The molecule has 2 spiro atoms. The van der Waals surface area contributed by atoms with Crippen molar-refractivity contribution in [3.8, 4) is 0 Å². The highest BCUT2D eigenvalue weighted by molar-refractivity contribution is 7.89. The predicted molar refractivity (Wildman–Crippen MR) is 131 cm³/mol. The normalized spacial score (nSPS) is 47.0. The van der Waals surface area contributed by atoms with E-state index in [0.717, 1.165) is 24.3 Å². The molecule has 38 heavy (non-hydrogen) atoms. The third kappa shape index (κ3) is 3.07. The SMILES string of the molecule is CC1(C)CC[C@H](O)[C@]23CO[C@](O)([C@@H](O)[C@H]12)[C@]12C(=O)[C@@H](CCNS(=O)(=O)c4ccc(F)cc4)[C@H](CC[C@@H]31)[C@H]2O. The summed E-state index contributed by atoms with van der Waals surface area (Å²) in [6.45, 7) is 3.89. The maximum atomic E-state index is 14.3. The highest BCUT2D eigenvalue weighted by Gasteiger charge is 2.87. The number of carbonyl (C=O) groups excluding carboxylic acids is 1. The van der Waals surface area contributed by atoms with E-state index in [1.54, 1.807) is 0 Å². The predicted octanol–water partition coefficient (Wildman–Crippen LogP) is 0.943. The van der Waals surface area contributed by atoms with Gasteiger partial charge < -0.3 is 25.2 Å². The lowest BCUT2D eigenvalue weighted by Crippen LogP contribution is -2.85. The second-order valence-corrected chi connectivity index (χ2v) is 14.5. The van der Waals surface area contributed by atoms with Crippen LogP contribution in [0.4, 0.5) is 4.39 Å². The fraction of sp³-hybridized carbons (Fsp3) is 0.741. The average molecular weight is 554 g/mol. The van der Waals surface area contributed by atoms with Gasteiger partial charge in [-0.25, -0.2) is 17.5 Å². The molecule has 210 valence electrons. The van der Waals surface area contributed by atoms with Crippen molar-refractivity contribution in [3.63, 3.8) is 0 Å². The minimum Gasteiger partial charge on any atom is -0.392 e. The Bertz CT molecular complexity index is 1260. The Balaban J connectivity index is 1.32. The number of benzene rings is 1. The number of fused-ring (bicyclic) bond motifs is 2. The van der Waals surface area contributed by atoms with Crippen molar-refractivity contribution in [2.24, 2.45) is 39.9 Å². The van der Waals surface area contributed by atoms with Crippen LogP contribution in [-0.4, -0.2) is 71.9 Å². The molecule has 10 atom stereocenters. The standard InChI is InChI=1S/C27H36FNO8S/c1-24(2)11-9-19(30)25-13-37-27(34,23(33)20(24)25)26-18(25)8-7-16(21(26)31)17(22(26)32)10-12-29-38(35,36)15-5-3-14(28)4-6-15/h3-6,16-21,23,29-31,33-34H,7-13H2,1-2H3/t16-,17-,18-,19-,20+,21+,23-,25+,26+,27+/m0/s1. The molecule has 1 aromatic rings. The van der Waals surface area contributed by atoms with Crippen molar-refractivity contribution in [2.75, 3.05) is 13.2 Å². The average Bonchev–Trinajstić information content (AvgIpc) is 2.96. The van der Waals surface area contributed by atoms with Gasteiger partial charge in [-0.05, 0) is 73.6 Å². The molecule has 9 nitrogen and oxygen atoms in total. The van der Waals surface area contributed by atoms with Crippen molar-refractivity contribution < 1.29 is 42.8 Å². The van der Waals surface area contributed by atoms with Crippen molar-refractivity contribution in [1.29, 1.82) is 0 Å². The number of rotatable bonds is 5. The third-order valence-electron chi connectivity index (χ3n) is 10.9. The topological polar surface area (TPSA) is 153 Å². The van der Waals surface area contributed by atoms with Gasteiger partial charge in [0.05, 0.1) is 23.7 Å². The number of hydrogen-bond donors (Lipinski definition) is 5. The number of hydrogen-bond acceptors (Lipinski definition) is 8. The molecule has 6 fully saturated rings. The van der Waals surface area contributed by atoms with Crippen LogP contribution >= 0.6 is 0 Å². The highest BCUT2D eigenvalue weighted by Crippen LogP contribution is 2.76. The molecule has 2 heterocycles. The lowest BCUT2D eigenvalue weighted by atomic mass is 9.35. The molecule has 1 aromatic carbocycles. The summed E-state index contributed by atoms with van der Waals surface area (Å²) < 4.78 is 47.0. The monoisotopic (exact) mass is 553 g/mol. The summed E-state index contributed by atoms with van der Waals surface area (Å²) in [5, 5.41) is 46.7. The molecule has 0 radical (unpaired) electrons. The number of aliphatic hydroxyl groups excluding tert-OH is 3. The first-order valence-electron chi connectivity index (χ1n) is 13.5. The number of halogens is 1. The van der Waals surface area contributed by atoms with Gasteiger partial charge in [-0.3, -0.25) is 4.79 Å². The van der Waals surface area contributed by atoms with E-state index in [0.29, 0.717) is 25.7 Å². The van der Waals surface area contributed by atoms with Crippen LogP contribution in [0.2, 0.25) is 0 Å². The second kappa shape index (κ2) is 8.28. The lowest BCUT2D eigenvalue weighted by Gasteiger charge is -2.74. The van der Waals surface area contributed by atoms with Crippen LogP contribution in [0.3, 0.4) is 0 Å². The Morgan fingerprint density at radius 3 is 2.45 bits per heavy atom. The van der Waals surface area contributed by atoms with Crippen LogP contribution in [0.1, 0.15) is 46.0 Å². The molecule has 0 aromatic heterocycles. The Morgan fingerprint density at radius 1 is 1.08 bits per heavy atom. The van der Waals surface area contributed by atoms with E-state index < -0.39 is 85.6 Å². The van der Waals surface area contributed by atoms with Gasteiger partial charge in [0.2, 0.25) is 15.8 Å². The summed E-state index contributed by atoms with van der Waals surface area (Å²) in [6, 6.07) is 4.40. The summed E-state index contributed by atoms with van der Waals surface area (Å²) in [7, 11) is -3.95. The number of ketones is 1. The number of sulfonamides is 1. The van der Waals surface area contributed by atoms with Crippen molar-refractivity contribution in [1.82, 2.24) is 4.72 Å². The van der Waals surface area contributed by atoms with E-state index in [4.69, 9.17) is 4.74 Å². The third-order valence-corrected chi connectivity index (χ3v) is 12.4. The van der Waals surface area contributed by atoms with Crippen LogP contribution in [0, 0.1) is 45.7 Å². The smallest absolute Gasteiger partial charge is 0.240 e. The number of ether oxygens (including phenoxy) is 1.